The number of aromatic nitrogens is 1. The van der Waals surface area contributed by atoms with Crippen LogP contribution in [0.2, 0.25) is 0 Å². The van der Waals surface area contributed by atoms with E-state index in [0.29, 0.717) is 6.42 Å². The first kappa shape index (κ1) is 19.9. The van der Waals surface area contributed by atoms with Crippen LogP contribution in [0, 0.1) is 0 Å². The number of hydrogen-bond donors (Lipinski definition) is 3. The molecule has 2 aromatic rings. The highest BCUT2D eigenvalue weighted by atomic mass is 16.2. The van der Waals surface area contributed by atoms with E-state index in [1.165, 1.54) is 0 Å². The van der Waals surface area contributed by atoms with Crippen LogP contribution in [0.15, 0.2) is 30.5 Å². The lowest BCUT2D eigenvalue weighted by molar-refractivity contribution is -0.132. The van der Waals surface area contributed by atoms with Gasteiger partial charge in [-0.2, -0.15) is 0 Å². The van der Waals surface area contributed by atoms with Crippen LogP contribution in [-0.4, -0.2) is 46.4 Å². The molecule has 7 nitrogen and oxygen atoms in total. The summed E-state index contributed by atoms with van der Waals surface area (Å²) in [6.07, 6.45) is 6.44. The molecule has 1 fully saturated rings. The molecule has 0 bridgehead atoms. The molecule has 1 aliphatic heterocycles. The van der Waals surface area contributed by atoms with Gasteiger partial charge in [0.05, 0.1) is 0 Å². The molecule has 2 unspecified atom stereocenters. The van der Waals surface area contributed by atoms with Crippen LogP contribution in [0.5, 0.6) is 0 Å². The zero-order chi connectivity index (χ0) is 20.1. The second kappa shape index (κ2) is 8.91. The minimum absolute atomic E-state index is 0.0295. The molecular formula is C21H28N4O3. The minimum Gasteiger partial charge on any atom is -0.361 e. The summed E-state index contributed by atoms with van der Waals surface area (Å²) in [5, 5.41) is 6.60. The molecule has 4 amide bonds. The molecule has 2 heterocycles. The Balaban J connectivity index is 1.56. The predicted molar refractivity (Wildman–Crippen MR) is 108 cm³/mol. The lowest BCUT2D eigenvalue weighted by Crippen LogP contribution is -2.43. The molecule has 0 aliphatic carbocycles. The molecule has 0 spiro atoms. The van der Waals surface area contributed by atoms with Crippen molar-refractivity contribution in [3.8, 4) is 0 Å². The van der Waals surface area contributed by atoms with Gasteiger partial charge in [-0.1, -0.05) is 44.4 Å². The molecule has 28 heavy (non-hydrogen) atoms. The predicted octanol–water partition coefficient (Wildman–Crippen LogP) is 2.72. The van der Waals surface area contributed by atoms with Gasteiger partial charge in [-0.15, -0.1) is 0 Å². The van der Waals surface area contributed by atoms with Crippen LogP contribution in [0.3, 0.4) is 0 Å². The van der Waals surface area contributed by atoms with Crippen LogP contribution >= 0.6 is 0 Å². The maximum absolute atomic E-state index is 12.7. The molecule has 3 N–H and O–H groups in total. The van der Waals surface area contributed by atoms with Crippen LogP contribution in [0.1, 0.15) is 45.1 Å². The number of carbonyl (C=O) groups excluding carboxylic acids is 3. The number of hydrogen-bond acceptors (Lipinski definition) is 3. The molecular weight excluding hydrogens is 356 g/mol. The Morgan fingerprint density at radius 1 is 1.25 bits per heavy atom. The summed E-state index contributed by atoms with van der Waals surface area (Å²) >= 11 is 0. The third-order valence-corrected chi connectivity index (χ3v) is 5.16. The Morgan fingerprint density at radius 2 is 2.04 bits per heavy atom. The molecule has 1 aromatic heterocycles. The average Bonchev–Trinajstić information content (AvgIpc) is 3.18. The van der Waals surface area contributed by atoms with Crippen molar-refractivity contribution in [2.24, 2.45) is 0 Å². The van der Waals surface area contributed by atoms with E-state index in [9.17, 15) is 14.4 Å². The van der Waals surface area contributed by atoms with Crippen molar-refractivity contribution in [2.75, 3.05) is 6.54 Å². The van der Waals surface area contributed by atoms with Crippen LogP contribution in [0.25, 0.3) is 10.9 Å². The maximum atomic E-state index is 12.7. The van der Waals surface area contributed by atoms with E-state index >= 15 is 0 Å². The fraction of sp³-hybridized carbons (Fsp3) is 0.476. The summed E-state index contributed by atoms with van der Waals surface area (Å²) in [5.41, 5.74) is 1.95. The highest BCUT2D eigenvalue weighted by molar-refractivity contribution is 6.06. The van der Waals surface area contributed by atoms with Gasteiger partial charge in [0.2, 0.25) is 5.91 Å². The lowest BCUT2D eigenvalue weighted by Gasteiger charge is -2.17. The highest BCUT2D eigenvalue weighted by Crippen LogP contribution is 2.21. The van der Waals surface area contributed by atoms with E-state index in [1.54, 1.807) is 0 Å². The molecule has 3 rings (SSSR count). The highest BCUT2D eigenvalue weighted by Gasteiger charge is 2.39. The first-order valence-electron chi connectivity index (χ1n) is 9.95. The Kier molecular flexibility index (Phi) is 6.34. The van der Waals surface area contributed by atoms with Crippen LogP contribution in [-0.2, 0) is 16.0 Å². The second-order valence-electron chi connectivity index (χ2n) is 7.45. The van der Waals surface area contributed by atoms with Gasteiger partial charge in [-0.25, -0.2) is 4.79 Å². The molecule has 2 atom stereocenters. The topological polar surface area (TPSA) is 94.3 Å². The smallest absolute Gasteiger partial charge is 0.325 e. The molecule has 7 heteroatoms. The average molecular weight is 384 g/mol. The van der Waals surface area contributed by atoms with Gasteiger partial charge in [0.15, 0.2) is 0 Å². The normalized spacial score (nSPS) is 17.8. The molecule has 0 radical (unpaired) electrons. The van der Waals surface area contributed by atoms with Gasteiger partial charge in [0, 0.05) is 29.6 Å². The van der Waals surface area contributed by atoms with Crippen LogP contribution < -0.4 is 10.6 Å². The number of para-hydroxylation sites is 1. The van der Waals surface area contributed by atoms with Gasteiger partial charge in [-0.3, -0.25) is 14.5 Å². The molecule has 1 aliphatic rings. The van der Waals surface area contributed by atoms with Crippen molar-refractivity contribution in [2.45, 2.75) is 58.0 Å². The first-order valence-corrected chi connectivity index (χ1v) is 9.95. The van der Waals surface area contributed by atoms with E-state index in [0.717, 1.165) is 47.0 Å². The largest absolute Gasteiger partial charge is 0.361 e. The summed E-state index contributed by atoms with van der Waals surface area (Å²) in [6, 6.07) is 6.69. The molecule has 1 saturated heterocycles. The first-order chi connectivity index (χ1) is 13.5. The standard InChI is InChI=1S/C21H28N4O3/c1-3-4-5-8-14(2)23-19(26)13-25-20(27)18(24-21(25)28)11-15-12-22-17-10-7-6-9-16(15)17/h6-7,9-10,12,14,18,22H,3-5,8,11,13H2,1-2H3,(H,23,26)(H,24,28). The van der Waals surface area contributed by atoms with E-state index in [-0.39, 0.29) is 24.4 Å². The van der Waals surface area contributed by atoms with Gasteiger partial charge in [-0.05, 0) is 25.0 Å². The van der Waals surface area contributed by atoms with E-state index in [2.05, 4.69) is 22.5 Å². The Bertz CT molecular complexity index is 860. The van der Waals surface area contributed by atoms with Crippen molar-refractivity contribution >= 4 is 28.7 Å². The lowest BCUT2D eigenvalue weighted by atomic mass is 10.1. The zero-order valence-corrected chi connectivity index (χ0v) is 16.5. The second-order valence-corrected chi connectivity index (χ2v) is 7.45. The van der Waals surface area contributed by atoms with E-state index in [4.69, 9.17) is 0 Å². The van der Waals surface area contributed by atoms with E-state index in [1.807, 2.05) is 37.4 Å². The summed E-state index contributed by atoms with van der Waals surface area (Å²) in [5.74, 6) is -0.663. The zero-order valence-electron chi connectivity index (χ0n) is 16.5. The Hall–Kier alpha value is -2.83. The fourth-order valence-corrected chi connectivity index (χ4v) is 3.62. The van der Waals surface area contributed by atoms with Gasteiger partial charge in [0.1, 0.15) is 12.6 Å². The van der Waals surface area contributed by atoms with Crippen molar-refractivity contribution in [3.05, 3.63) is 36.0 Å². The molecule has 150 valence electrons. The monoisotopic (exact) mass is 384 g/mol. The van der Waals surface area contributed by atoms with Gasteiger partial charge >= 0.3 is 6.03 Å². The van der Waals surface area contributed by atoms with Crippen LogP contribution in [0.4, 0.5) is 4.79 Å². The molecule has 1 aromatic carbocycles. The SMILES string of the molecule is CCCCCC(C)NC(=O)CN1C(=O)NC(Cc2c[nH]c3ccccc23)C1=O. The number of benzene rings is 1. The number of nitrogens with one attached hydrogen (secondary N) is 3. The fourth-order valence-electron chi connectivity index (χ4n) is 3.62. The number of unbranched alkanes of at least 4 members (excludes halogenated alkanes) is 2. The Labute approximate surface area is 164 Å². The summed E-state index contributed by atoms with van der Waals surface area (Å²) in [4.78, 5) is 41.3. The van der Waals surface area contributed by atoms with Gasteiger partial charge in [0.25, 0.3) is 5.91 Å². The van der Waals surface area contributed by atoms with Crippen molar-refractivity contribution in [3.63, 3.8) is 0 Å². The number of imide groups is 1. The van der Waals surface area contributed by atoms with E-state index < -0.39 is 12.1 Å². The molecule has 0 saturated carbocycles. The van der Waals surface area contributed by atoms with Crippen molar-refractivity contribution in [1.29, 1.82) is 0 Å². The Morgan fingerprint density at radius 3 is 2.82 bits per heavy atom. The number of H-pyrrole nitrogens is 1. The summed E-state index contributed by atoms with van der Waals surface area (Å²) < 4.78 is 0. The number of rotatable bonds is 9. The van der Waals surface area contributed by atoms with Gasteiger partial charge < -0.3 is 15.6 Å². The quantitative estimate of drug-likeness (QED) is 0.458. The third-order valence-electron chi connectivity index (χ3n) is 5.16. The summed E-state index contributed by atoms with van der Waals surface area (Å²) in [6.45, 7) is 3.83. The minimum atomic E-state index is -0.651. The number of nitrogens with zero attached hydrogens (tertiary/aromatic N) is 1. The number of urea groups is 1. The number of fused-ring (bicyclic) bond motifs is 1. The summed E-state index contributed by atoms with van der Waals surface area (Å²) in [7, 11) is 0. The maximum Gasteiger partial charge on any atom is 0.325 e. The number of aromatic amines is 1. The van der Waals surface area contributed by atoms with Crippen molar-refractivity contribution in [1.82, 2.24) is 20.5 Å². The number of amides is 4. The number of carbonyl (C=O) groups is 3. The van der Waals surface area contributed by atoms with Crippen molar-refractivity contribution < 1.29 is 14.4 Å². The third kappa shape index (κ3) is 4.52.